The maximum Gasteiger partial charge on any atom is 0.251 e. The summed E-state index contributed by atoms with van der Waals surface area (Å²) in [4.78, 5) is 16.1. The summed E-state index contributed by atoms with van der Waals surface area (Å²) >= 11 is 3.34. The second-order valence-electron chi connectivity index (χ2n) is 4.46. The lowest BCUT2D eigenvalue weighted by atomic mass is 10.1. The molecule has 1 aromatic heterocycles. The number of nitrogen functional groups attached to an aromatic ring is 1. The van der Waals surface area contributed by atoms with E-state index in [4.69, 9.17) is 5.73 Å². The number of anilines is 1. The molecular formula is C13H16BrN5O. The van der Waals surface area contributed by atoms with Crippen LogP contribution < -0.4 is 11.1 Å². The van der Waals surface area contributed by atoms with Crippen LogP contribution >= 0.6 is 15.9 Å². The number of aromatic amines is 1. The molecule has 0 radical (unpaired) electrons. The summed E-state index contributed by atoms with van der Waals surface area (Å²) < 4.78 is 0.799. The van der Waals surface area contributed by atoms with E-state index in [1.807, 2.05) is 6.92 Å². The van der Waals surface area contributed by atoms with Crippen LogP contribution in [0.5, 0.6) is 0 Å². The van der Waals surface area contributed by atoms with Crippen LogP contribution in [0.25, 0.3) is 0 Å². The summed E-state index contributed by atoms with van der Waals surface area (Å²) in [6, 6.07) is 3.56. The summed E-state index contributed by atoms with van der Waals surface area (Å²) in [7, 11) is 0. The highest BCUT2D eigenvalue weighted by Gasteiger charge is 2.11. The van der Waals surface area contributed by atoms with E-state index in [0.717, 1.165) is 28.7 Å². The minimum absolute atomic E-state index is 0.118. The Morgan fingerprint density at radius 2 is 2.30 bits per heavy atom. The topological polar surface area (TPSA) is 96.7 Å². The van der Waals surface area contributed by atoms with Crippen molar-refractivity contribution in [2.75, 3.05) is 12.3 Å². The number of halogens is 1. The predicted octanol–water partition coefficient (Wildman–Crippen LogP) is 1.82. The van der Waals surface area contributed by atoms with Gasteiger partial charge in [-0.3, -0.25) is 9.89 Å². The van der Waals surface area contributed by atoms with Crippen molar-refractivity contribution in [1.29, 1.82) is 0 Å². The van der Waals surface area contributed by atoms with Crippen molar-refractivity contribution < 1.29 is 4.79 Å². The summed E-state index contributed by atoms with van der Waals surface area (Å²) in [6.07, 6.45) is 3.02. The molecule has 0 fully saturated rings. The minimum Gasteiger partial charge on any atom is -0.398 e. The molecule has 0 saturated heterocycles. The Hall–Kier alpha value is -1.89. The van der Waals surface area contributed by atoms with Crippen LogP contribution in [0.3, 0.4) is 0 Å². The molecule has 0 saturated carbocycles. The van der Waals surface area contributed by atoms with Gasteiger partial charge < -0.3 is 11.1 Å². The maximum atomic E-state index is 12.1. The van der Waals surface area contributed by atoms with E-state index >= 15 is 0 Å². The van der Waals surface area contributed by atoms with Gasteiger partial charge in [-0.2, -0.15) is 5.10 Å². The molecule has 0 spiro atoms. The Labute approximate surface area is 125 Å². The number of hydrogen-bond acceptors (Lipinski definition) is 4. The monoisotopic (exact) mass is 337 g/mol. The van der Waals surface area contributed by atoms with Crippen molar-refractivity contribution in [3.63, 3.8) is 0 Å². The number of carbonyl (C=O) groups is 1. The molecule has 6 nitrogen and oxygen atoms in total. The fourth-order valence-electron chi connectivity index (χ4n) is 1.84. The molecule has 0 bridgehead atoms. The fourth-order valence-corrected chi connectivity index (χ4v) is 2.32. The molecule has 1 aromatic carbocycles. The molecule has 7 heteroatoms. The van der Waals surface area contributed by atoms with E-state index in [2.05, 4.69) is 36.4 Å². The smallest absolute Gasteiger partial charge is 0.251 e. The predicted molar refractivity (Wildman–Crippen MR) is 80.3 cm³/mol. The Morgan fingerprint density at radius 1 is 1.50 bits per heavy atom. The van der Waals surface area contributed by atoms with Crippen LogP contribution in [0.2, 0.25) is 0 Å². The molecular weight excluding hydrogens is 322 g/mol. The number of hydrogen-bond donors (Lipinski definition) is 3. The number of nitrogens with zero attached hydrogens (tertiary/aromatic N) is 2. The van der Waals surface area contributed by atoms with E-state index in [0.29, 0.717) is 17.8 Å². The van der Waals surface area contributed by atoms with E-state index < -0.39 is 0 Å². The second kappa shape index (κ2) is 6.51. The molecule has 2 aromatic rings. The number of benzene rings is 1. The average Bonchev–Trinajstić information content (AvgIpc) is 2.91. The summed E-state index contributed by atoms with van der Waals surface area (Å²) in [5.41, 5.74) is 7.84. The number of aromatic nitrogens is 3. The first-order chi connectivity index (χ1) is 9.58. The number of amides is 1. The number of aryl methyl sites for hydroxylation is 1. The van der Waals surface area contributed by atoms with E-state index in [1.165, 1.54) is 6.33 Å². The Kier molecular flexibility index (Phi) is 4.73. The van der Waals surface area contributed by atoms with Gasteiger partial charge in [-0.1, -0.05) is 15.9 Å². The largest absolute Gasteiger partial charge is 0.398 e. The molecule has 1 amide bonds. The van der Waals surface area contributed by atoms with Gasteiger partial charge in [0.1, 0.15) is 12.2 Å². The van der Waals surface area contributed by atoms with Gasteiger partial charge in [0.05, 0.1) is 0 Å². The molecule has 0 aliphatic rings. The molecule has 1 heterocycles. The van der Waals surface area contributed by atoms with Crippen LogP contribution in [0.1, 0.15) is 28.2 Å². The Balaban J connectivity index is 1.89. The van der Waals surface area contributed by atoms with Gasteiger partial charge in [-0.15, -0.1) is 0 Å². The molecule has 106 valence electrons. The van der Waals surface area contributed by atoms with Crippen molar-refractivity contribution in [2.45, 2.75) is 19.8 Å². The van der Waals surface area contributed by atoms with Gasteiger partial charge in [0.25, 0.3) is 5.91 Å². The van der Waals surface area contributed by atoms with Crippen molar-refractivity contribution in [1.82, 2.24) is 20.5 Å². The SMILES string of the molecule is Cc1c(N)cc(Br)cc1C(=O)NCCCc1ncn[nH]1. The van der Waals surface area contributed by atoms with Crippen LogP contribution in [-0.4, -0.2) is 27.6 Å². The zero-order valence-corrected chi connectivity index (χ0v) is 12.7. The lowest BCUT2D eigenvalue weighted by Gasteiger charge is -2.10. The molecule has 4 N–H and O–H groups in total. The van der Waals surface area contributed by atoms with Gasteiger partial charge in [-0.25, -0.2) is 4.98 Å². The molecule has 0 aliphatic carbocycles. The molecule has 2 rings (SSSR count). The van der Waals surface area contributed by atoms with Gasteiger partial charge >= 0.3 is 0 Å². The average molecular weight is 338 g/mol. The van der Waals surface area contributed by atoms with Crippen molar-refractivity contribution in [3.05, 3.63) is 39.9 Å². The van der Waals surface area contributed by atoms with Crippen molar-refractivity contribution in [3.8, 4) is 0 Å². The van der Waals surface area contributed by atoms with Crippen LogP contribution in [0.4, 0.5) is 5.69 Å². The van der Waals surface area contributed by atoms with E-state index in [9.17, 15) is 4.79 Å². The maximum absolute atomic E-state index is 12.1. The lowest BCUT2D eigenvalue weighted by Crippen LogP contribution is -2.25. The zero-order chi connectivity index (χ0) is 14.5. The number of rotatable bonds is 5. The highest BCUT2D eigenvalue weighted by molar-refractivity contribution is 9.10. The van der Waals surface area contributed by atoms with E-state index in [-0.39, 0.29) is 5.91 Å². The summed E-state index contributed by atoms with van der Waals surface area (Å²) in [5, 5.41) is 9.44. The Morgan fingerprint density at radius 3 is 3.00 bits per heavy atom. The van der Waals surface area contributed by atoms with Gasteiger partial charge in [0.15, 0.2) is 0 Å². The Bertz CT molecular complexity index is 597. The number of H-pyrrole nitrogens is 1. The minimum atomic E-state index is -0.118. The third-order valence-corrected chi connectivity index (χ3v) is 3.46. The second-order valence-corrected chi connectivity index (χ2v) is 5.37. The van der Waals surface area contributed by atoms with Crippen molar-refractivity contribution in [2.24, 2.45) is 0 Å². The van der Waals surface area contributed by atoms with Crippen molar-refractivity contribution >= 4 is 27.5 Å². The van der Waals surface area contributed by atoms with Gasteiger partial charge in [0, 0.05) is 28.7 Å². The van der Waals surface area contributed by atoms with Crippen LogP contribution in [-0.2, 0) is 6.42 Å². The summed E-state index contributed by atoms with van der Waals surface area (Å²) in [5.74, 6) is 0.704. The molecule has 0 atom stereocenters. The normalized spacial score (nSPS) is 10.5. The standard InChI is InChI=1S/C13H16BrN5O/c1-8-10(5-9(14)6-11(8)15)13(20)16-4-2-3-12-17-7-18-19-12/h5-7H,2-4,15H2,1H3,(H,16,20)(H,17,18,19). The van der Waals surface area contributed by atoms with Gasteiger partial charge in [-0.05, 0) is 31.0 Å². The first kappa shape index (κ1) is 14.5. The zero-order valence-electron chi connectivity index (χ0n) is 11.1. The first-order valence-corrected chi connectivity index (χ1v) is 7.05. The molecule has 0 aliphatic heterocycles. The molecule has 20 heavy (non-hydrogen) atoms. The third kappa shape index (κ3) is 3.57. The van der Waals surface area contributed by atoms with Crippen LogP contribution in [0.15, 0.2) is 22.9 Å². The fraction of sp³-hybridized carbons (Fsp3) is 0.308. The first-order valence-electron chi connectivity index (χ1n) is 6.26. The number of nitrogens with one attached hydrogen (secondary N) is 2. The molecule has 0 unspecified atom stereocenters. The highest BCUT2D eigenvalue weighted by Crippen LogP contribution is 2.22. The van der Waals surface area contributed by atoms with Gasteiger partial charge in [0.2, 0.25) is 0 Å². The van der Waals surface area contributed by atoms with Crippen LogP contribution in [0, 0.1) is 6.92 Å². The third-order valence-electron chi connectivity index (χ3n) is 3.00. The lowest BCUT2D eigenvalue weighted by molar-refractivity contribution is 0.0952. The number of carbonyl (C=O) groups excluding carboxylic acids is 1. The summed E-state index contributed by atoms with van der Waals surface area (Å²) in [6.45, 7) is 2.41. The van der Waals surface area contributed by atoms with E-state index in [1.54, 1.807) is 12.1 Å². The number of nitrogens with two attached hydrogens (primary N) is 1. The quantitative estimate of drug-likeness (QED) is 0.572. The highest BCUT2D eigenvalue weighted by atomic mass is 79.9.